The lowest BCUT2D eigenvalue weighted by atomic mass is 10.2. The lowest BCUT2D eigenvalue weighted by molar-refractivity contribution is 0.506. The van der Waals surface area contributed by atoms with Gasteiger partial charge in [0.25, 0.3) is 0 Å². The second-order valence-corrected chi connectivity index (χ2v) is 8.15. The van der Waals surface area contributed by atoms with Gasteiger partial charge in [0, 0.05) is 19.5 Å². The number of aliphatic imine (C=N–C) groups is 1. The van der Waals surface area contributed by atoms with E-state index in [4.69, 9.17) is 9.56 Å². The monoisotopic (exact) mass is 558 g/mol. The number of sulfonamides is 1. The number of primary sulfonamides is 1. The Hall–Kier alpha value is -2.44. The molecule has 0 saturated carbocycles. The van der Waals surface area contributed by atoms with Gasteiger partial charge in [0.2, 0.25) is 10.0 Å². The molecule has 0 atom stereocenters. The van der Waals surface area contributed by atoms with Crippen LogP contribution in [0.2, 0.25) is 0 Å². The molecular weight excluding hydrogens is 534 g/mol. The molecule has 0 amide bonds. The molecule has 0 bridgehead atoms. The van der Waals surface area contributed by atoms with Crippen LogP contribution in [0.3, 0.4) is 0 Å². The first kappa shape index (κ1) is 24.8. The van der Waals surface area contributed by atoms with Crippen molar-refractivity contribution in [2.24, 2.45) is 10.1 Å². The summed E-state index contributed by atoms with van der Waals surface area (Å²) in [6.07, 6.45) is 2.32. The summed E-state index contributed by atoms with van der Waals surface area (Å²) >= 11 is 0. The molecule has 1 heterocycles. The van der Waals surface area contributed by atoms with E-state index in [-0.39, 0.29) is 34.7 Å². The zero-order valence-electron chi connectivity index (χ0n) is 16.6. The Labute approximate surface area is 198 Å². The van der Waals surface area contributed by atoms with Crippen LogP contribution < -0.4 is 15.8 Å². The maximum atomic E-state index is 13.1. The van der Waals surface area contributed by atoms with Gasteiger partial charge in [0.15, 0.2) is 5.96 Å². The van der Waals surface area contributed by atoms with Crippen LogP contribution in [0.15, 0.2) is 81.2 Å². The van der Waals surface area contributed by atoms with Gasteiger partial charge in [-0.15, -0.1) is 24.0 Å². The lowest BCUT2D eigenvalue weighted by Gasteiger charge is -2.13. The number of guanidine groups is 1. The number of benzene rings is 2. The predicted molar refractivity (Wildman–Crippen MR) is 128 cm³/mol. The van der Waals surface area contributed by atoms with Crippen molar-refractivity contribution < 1.29 is 17.2 Å². The van der Waals surface area contributed by atoms with Crippen molar-refractivity contribution in [3.05, 3.63) is 89.6 Å². The highest BCUT2D eigenvalue weighted by Gasteiger charge is 2.07. The third-order valence-corrected chi connectivity index (χ3v) is 5.22. The zero-order valence-corrected chi connectivity index (χ0v) is 19.8. The van der Waals surface area contributed by atoms with Crippen LogP contribution in [-0.2, 0) is 29.5 Å². The highest BCUT2D eigenvalue weighted by atomic mass is 127. The van der Waals surface area contributed by atoms with Crippen molar-refractivity contribution in [1.29, 1.82) is 0 Å². The van der Waals surface area contributed by atoms with Crippen LogP contribution in [0.4, 0.5) is 4.39 Å². The third kappa shape index (κ3) is 8.31. The van der Waals surface area contributed by atoms with Gasteiger partial charge in [-0.3, -0.25) is 0 Å². The Morgan fingerprint density at radius 1 is 1.00 bits per heavy atom. The molecule has 166 valence electrons. The zero-order chi connectivity index (χ0) is 21.4. The van der Waals surface area contributed by atoms with E-state index in [9.17, 15) is 12.8 Å². The smallest absolute Gasteiger partial charge is 0.238 e. The average Bonchev–Trinajstić information content (AvgIpc) is 3.24. The van der Waals surface area contributed by atoms with E-state index in [2.05, 4.69) is 15.6 Å². The predicted octanol–water partition coefficient (Wildman–Crippen LogP) is 3.16. The molecular formula is C21H24FIN4O3S. The molecule has 0 unspecified atom stereocenters. The van der Waals surface area contributed by atoms with E-state index in [0.29, 0.717) is 32.0 Å². The Kier molecular flexibility index (Phi) is 9.46. The number of nitrogens with one attached hydrogen (secondary N) is 2. The summed E-state index contributed by atoms with van der Waals surface area (Å²) in [6.45, 7) is 1.41. The van der Waals surface area contributed by atoms with Crippen molar-refractivity contribution >= 4 is 40.0 Å². The Bertz CT molecular complexity index is 1070. The van der Waals surface area contributed by atoms with Gasteiger partial charge in [-0.05, 0) is 47.5 Å². The fraction of sp³-hybridized carbons (Fsp3) is 0.190. The van der Waals surface area contributed by atoms with E-state index in [1.807, 2.05) is 12.1 Å². The number of nitrogens with two attached hydrogens (primary N) is 1. The minimum absolute atomic E-state index is 0. The molecule has 1 aromatic heterocycles. The Morgan fingerprint density at radius 3 is 2.29 bits per heavy atom. The van der Waals surface area contributed by atoms with E-state index in [1.54, 1.807) is 30.5 Å². The van der Waals surface area contributed by atoms with Crippen LogP contribution in [0.25, 0.3) is 0 Å². The molecule has 3 rings (SSSR count). The van der Waals surface area contributed by atoms with Crippen molar-refractivity contribution in [1.82, 2.24) is 10.6 Å². The molecule has 31 heavy (non-hydrogen) atoms. The summed E-state index contributed by atoms with van der Waals surface area (Å²) in [5, 5.41) is 11.6. The molecule has 2 aromatic carbocycles. The maximum Gasteiger partial charge on any atom is 0.238 e. The highest BCUT2D eigenvalue weighted by molar-refractivity contribution is 14.0. The van der Waals surface area contributed by atoms with Gasteiger partial charge < -0.3 is 15.1 Å². The SMILES string of the molecule is I.NS(=O)(=O)c1ccc(CN=C(NCCc2ccco2)NCc2ccc(F)cc2)cc1. The number of rotatable bonds is 8. The molecule has 0 aliphatic heterocycles. The highest BCUT2D eigenvalue weighted by Crippen LogP contribution is 2.09. The minimum atomic E-state index is -3.72. The number of hydrogen-bond donors (Lipinski definition) is 3. The van der Waals surface area contributed by atoms with Gasteiger partial charge >= 0.3 is 0 Å². The lowest BCUT2D eigenvalue weighted by Crippen LogP contribution is -2.38. The molecule has 0 aliphatic rings. The minimum Gasteiger partial charge on any atom is -0.469 e. The van der Waals surface area contributed by atoms with Gasteiger partial charge in [0.1, 0.15) is 11.6 Å². The van der Waals surface area contributed by atoms with Crippen molar-refractivity contribution in [3.8, 4) is 0 Å². The molecule has 7 nitrogen and oxygen atoms in total. The first-order valence-corrected chi connectivity index (χ1v) is 10.9. The standard InChI is InChI=1S/C21H23FN4O3S.HI/c22-18-7-3-16(4-8-18)14-25-21(24-12-11-19-2-1-13-29-19)26-15-17-5-9-20(10-6-17)30(23,27)28;/h1-10,13H,11-12,14-15H2,(H2,23,27,28)(H2,24,25,26);1H. The fourth-order valence-electron chi connectivity index (χ4n) is 2.68. The normalized spacial score (nSPS) is 11.6. The van der Waals surface area contributed by atoms with Crippen LogP contribution in [0.5, 0.6) is 0 Å². The van der Waals surface area contributed by atoms with Crippen LogP contribution in [-0.4, -0.2) is 20.9 Å². The van der Waals surface area contributed by atoms with Crippen LogP contribution >= 0.6 is 24.0 Å². The van der Waals surface area contributed by atoms with Crippen molar-refractivity contribution in [2.45, 2.75) is 24.4 Å². The van der Waals surface area contributed by atoms with Crippen molar-refractivity contribution in [2.75, 3.05) is 6.54 Å². The maximum absolute atomic E-state index is 13.1. The summed E-state index contributed by atoms with van der Waals surface area (Å²) < 4.78 is 41.1. The topological polar surface area (TPSA) is 110 Å². The van der Waals surface area contributed by atoms with Crippen LogP contribution in [0.1, 0.15) is 16.9 Å². The largest absolute Gasteiger partial charge is 0.469 e. The summed E-state index contributed by atoms with van der Waals surface area (Å²) in [5.74, 6) is 1.15. The molecule has 10 heteroatoms. The molecule has 0 fully saturated rings. The van der Waals surface area contributed by atoms with Gasteiger partial charge in [0.05, 0.1) is 17.7 Å². The van der Waals surface area contributed by atoms with Gasteiger partial charge in [-0.25, -0.2) is 22.9 Å². The number of halogens is 2. The summed E-state index contributed by atoms with van der Waals surface area (Å²) in [5.41, 5.74) is 1.74. The first-order valence-electron chi connectivity index (χ1n) is 9.31. The number of nitrogens with zero attached hydrogens (tertiary/aromatic N) is 1. The quantitative estimate of drug-likeness (QED) is 0.224. The molecule has 4 N–H and O–H groups in total. The van der Waals surface area contributed by atoms with E-state index < -0.39 is 10.0 Å². The number of furan rings is 1. The van der Waals surface area contributed by atoms with Crippen molar-refractivity contribution in [3.63, 3.8) is 0 Å². The summed E-state index contributed by atoms with van der Waals surface area (Å²) in [7, 11) is -3.72. The Balaban J connectivity index is 0.00000341. The third-order valence-electron chi connectivity index (χ3n) is 4.29. The fourth-order valence-corrected chi connectivity index (χ4v) is 3.19. The first-order chi connectivity index (χ1) is 14.4. The Morgan fingerprint density at radius 2 is 1.68 bits per heavy atom. The molecule has 0 aliphatic carbocycles. The average molecular weight is 558 g/mol. The summed E-state index contributed by atoms with van der Waals surface area (Å²) in [4.78, 5) is 4.60. The van der Waals surface area contributed by atoms with Crippen LogP contribution in [0, 0.1) is 5.82 Å². The van der Waals surface area contributed by atoms with E-state index >= 15 is 0 Å². The van der Waals surface area contributed by atoms with Gasteiger partial charge in [-0.1, -0.05) is 24.3 Å². The second kappa shape index (κ2) is 11.8. The van der Waals surface area contributed by atoms with Gasteiger partial charge in [-0.2, -0.15) is 0 Å². The summed E-state index contributed by atoms with van der Waals surface area (Å²) in [6, 6.07) is 16.2. The number of hydrogen-bond acceptors (Lipinski definition) is 4. The second-order valence-electron chi connectivity index (χ2n) is 6.59. The molecule has 0 radical (unpaired) electrons. The molecule has 0 spiro atoms. The van der Waals surface area contributed by atoms with E-state index in [0.717, 1.165) is 16.9 Å². The molecule has 3 aromatic rings. The van der Waals surface area contributed by atoms with E-state index in [1.165, 1.54) is 24.3 Å². The molecule has 0 saturated heterocycles.